The third kappa shape index (κ3) is 4.24. The van der Waals surface area contributed by atoms with Crippen LogP contribution in [0.2, 0.25) is 0 Å². The van der Waals surface area contributed by atoms with Gasteiger partial charge in [0.25, 0.3) is 17.1 Å². The van der Waals surface area contributed by atoms with E-state index in [2.05, 4.69) is 15.6 Å². The summed E-state index contributed by atoms with van der Waals surface area (Å²) in [6.07, 6.45) is 6.79. The van der Waals surface area contributed by atoms with Gasteiger partial charge in [-0.05, 0) is 43.4 Å². The first kappa shape index (κ1) is 20.5. The summed E-state index contributed by atoms with van der Waals surface area (Å²) in [5.74, 6) is -0.713. The van der Waals surface area contributed by atoms with Crippen molar-refractivity contribution >= 4 is 51.1 Å². The second-order valence-electron chi connectivity index (χ2n) is 6.97. The minimum Gasteiger partial charge on any atom is -0.350 e. The standard InChI is InChI=1S/C20H20N4O4S2/c25-15-11-29-20(28)24(15)9-8-22-18(27)16-13-5-1-2-6-14(13)30-19(16)23-17(26)12-4-3-7-21-10-12/h3-4,7,10H,1-2,5-6,8-9,11H2,(H,22,27)(H,23,26). The summed E-state index contributed by atoms with van der Waals surface area (Å²) in [7, 11) is 0. The number of carbonyl (C=O) groups is 4. The van der Waals surface area contributed by atoms with Gasteiger partial charge in [0.15, 0.2) is 0 Å². The Morgan fingerprint density at radius 2 is 2.00 bits per heavy atom. The molecule has 2 aromatic heterocycles. The predicted octanol–water partition coefficient (Wildman–Crippen LogP) is 2.70. The smallest absolute Gasteiger partial charge is 0.288 e. The van der Waals surface area contributed by atoms with E-state index in [0.717, 1.165) is 52.8 Å². The van der Waals surface area contributed by atoms with Crippen molar-refractivity contribution in [2.45, 2.75) is 25.7 Å². The average Bonchev–Trinajstić information content (AvgIpc) is 3.28. The largest absolute Gasteiger partial charge is 0.350 e. The molecular weight excluding hydrogens is 424 g/mol. The highest BCUT2D eigenvalue weighted by Gasteiger charge is 2.30. The molecule has 1 aliphatic carbocycles. The molecule has 10 heteroatoms. The van der Waals surface area contributed by atoms with E-state index in [-0.39, 0.29) is 41.8 Å². The first-order valence-electron chi connectivity index (χ1n) is 9.66. The first-order chi connectivity index (χ1) is 14.5. The van der Waals surface area contributed by atoms with Gasteiger partial charge in [0.05, 0.1) is 16.9 Å². The number of nitrogens with one attached hydrogen (secondary N) is 2. The number of hydrogen-bond acceptors (Lipinski definition) is 7. The lowest BCUT2D eigenvalue weighted by Crippen LogP contribution is -2.37. The highest BCUT2D eigenvalue weighted by molar-refractivity contribution is 8.14. The molecule has 0 atom stereocenters. The van der Waals surface area contributed by atoms with Crippen molar-refractivity contribution in [1.29, 1.82) is 0 Å². The highest BCUT2D eigenvalue weighted by Crippen LogP contribution is 2.38. The number of rotatable bonds is 6. The molecule has 4 amide bonds. The van der Waals surface area contributed by atoms with Gasteiger partial charge in [-0.3, -0.25) is 29.1 Å². The van der Waals surface area contributed by atoms with E-state index >= 15 is 0 Å². The van der Waals surface area contributed by atoms with Crippen molar-refractivity contribution < 1.29 is 19.2 Å². The Bertz CT molecular complexity index is 990. The van der Waals surface area contributed by atoms with E-state index in [4.69, 9.17) is 0 Å². The molecule has 0 bridgehead atoms. The molecule has 156 valence electrons. The summed E-state index contributed by atoms with van der Waals surface area (Å²) in [5, 5.41) is 5.91. The molecule has 8 nitrogen and oxygen atoms in total. The fourth-order valence-electron chi connectivity index (χ4n) is 3.53. The molecule has 30 heavy (non-hydrogen) atoms. The van der Waals surface area contributed by atoms with Crippen molar-refractivity contribution in [3.05, 3.63) is 46.1 Å². The van der Waals surface area contributed by atoms with Gasteiger partial charge in [-0.2, -0.15) is 0 Å². The van der Waals surface area contributed by atoms with E-state index in [1.165, 1.54) is 17.5 Å². The lowest BCUT2D eigenvalue weighted by molar-refractivity contribution is -0.124. The maximum absolute atomic E-state index is 13.0. The molecule has 2 N–H and O–H groups in total. The summed E-state index contributed by atoms with van der Waals surface area (Å²) in [4.78, 5) is 55.2. The summed E-state index contributed by atoms with van der Waals surface area (Å²) < 4.78 is 0. The topological polar surface area (TPSA) is 108 Å². The Labute approximate surface area is 181 Å². The molecule has 0 aromatic carbocycles. The van der Waals surface area contributed by atoms with Crippen LogP contribution in [-0.2, 0) is 17.6 Å². The quantitative estimate of drug-likeness (QED) is 0.709. The number of aryl methyl sites for hydroxylation is 1. The molecule has 1 aliphatic heterocycles. The van der Waals surface area contributed by atoms with Gasteiger partial charge < -0.3 is 10.6 Å². The predicted molar refractivity (Wildman–Crippen MR) is 115 cm³/mol. The number of thiophene rings is 1. The third-order valence-corrected chi connectivity index (χ3v) is 7.08. The van der Waals surface area contributed by atoms with Crippen LogP contribution < -0.4 is 10.6 Å². The van der Waals surface area contributed by atoms with Gasteiger partial charge in [0, 0.05) is 30.4 Å². The number of hydrogen-bond donors (Lipinski definition) is 2. The molecule has 4 rings (SSSR count). The number of thioether (sulfide) groups is 1. The van der Waals surface area contributed by atoms with Crippen LogP contribution in [0.5, 0.6) is 0 Å². The maximum Gasteiger partial charge on any atom is 0.288 e. The van der Waals surface area contributed by atoms with Crippen LogP contribution in [-0.4, -0.2) is 51.7 Å². The van der Waals surface area contributed by atoms with Crippen molar-refractivity contribution in [3.63, 3.8) is 0 Å². The number of amides is 4. The van der Waals surface area contributed by atoms with Crippen LogP contribution >= 0.6 is 23.1 Å². The number of anilines is 1. The van der Waals surface area contributed by atoms with Crippen LogP contribution in [0.15, 0.2) is 24.5 Å². The fraction of sp³-hybridized carbons (Fsp3) is 0.350. The average molecular weight is 445 g/mol. The first-order valence-corrected chi connectivity index (χ1v) is 11.5. The Balaban J connectivity index is 1.50. The molecule has 1 fully saturated rings. The minimum absolute atomic E-state index is 0.139. The fourth-order valence-corrected chi connectivity index (χ4v) is 5.57. The Kier molecular flexibility index (Phi) is 6.14. The second-order valence-corrected chi connectivity index (χ2v) is 9.00. The summed E-state index contributed by atoms with van der Waals surface area (Å²) >= 11 is 2.41. The highest BCUT2D eigenvalue weighted by atomic mass is 32.2. The number of imide groups is 1. The van der Waals surface area contributed by atoms with Crippen LogP contribution in [0, 0.1) is 0 Å². The Morgan fingerprint density at radius 3 is 2.73 bits per heavy atom. The molecule has 0 radical (unpaired) electrons. The zero-order chi connectivity index (χ0) is 21.1. The Morgan fingerprint density at radius 1 is 1.17 bits per heavy atom. The number of aromatic nitrogens is 1. The van der Waals surface area contributed by atoms with Crippen molar-refractivity contribution in [1.82, 2.24) is 15.2 Å². The van der Waals surface area contributed by atoms with E-state index in [0.29, 0.717) is 16.1 Å². The molecule has 2 aromatic rings. The zero-order valence-corrected chi connectivity index (χ0v) is 17.7. The van der Waals surface area contributed by atoms with E-state index < -0.39 is 0 Å². The second kappa shape index (κ2) is 8.97. The van der Waals surface area contributed by atoms with Crippen molar-refractivity contribution in [2.24, 2.45) is 0 Å². The molecule has 2 aliphatic rings. The number of carbonyl (C=O) groups excluding carboxylic acids is 4. The van der Waals surface area contributed by atoms with Crippen molar-refractivity contribution in [3.8, 4) is 0 Å². The maximum atomic E-state index is 13.0. The molecule has 0 spiro atoms. The lowest BCUT2D eigenvalue weighted by atomic mass is 9.95. The van der Waals surface area contributed by atoms with Crippen LogP contribution in [0.3, 0.4) is 0 Å². The Hall–Kier alpha value is -2.72. The van der Waals surface area contributed by atoms with Crippen LogP contribution in [0.1, 0.15) is 44.0 Å². The van der Waals surface area contributed by atoms with Gasteiger partial charge in [-0.1, -0.05) is 11.8 Å². The van der Waals surface area contributed by atoms with Crippen molar-refractivity contribution in [2.75, 3.05) is 24.2 Å². The van der Waals surface area contributed by atoms with E-state index in [1.54, 1.807) is 18.3 Å². The SMILES string of the molecule is O=C(Nc1sc2c(c1C(=O)NCCN1C(=O)CSC1=O)CCCC2)c1cccnc1. The van der Waals surface area contributed by atoms with E-state index in [9.17, 15) is 19.2 Å². The zero-order valence-electron chi connectivity index (χ0n) is 16.1. The summed E-state index contributed by atoms with van der Waals surface area (Å²) in [6, 6.07) is 3.35. The van der Waals surface area contributed by atoms with Gasteiger partial charge in [0.1, 0.15) is 5.00 Å². The van der Waals surface area contributed by atoms with Gasteiger partial charge in [-0.15, -0.1) is 11.3 Å². The molecular formula is C20H20N4O4S2. The normalized spacial score (nSPS) is 15.8. The minimum atomic E-state index is -0.318. The number of fused-ring (bicyclic) bond motifs is 1. The number of pyridine rings is 1. The third-order valence-electron chi connectivity index (χ3n) is 5.01. The lowest BCUT2D eigenvalue weighted by Gasteiger charge is -2.15. The van der Waals surface area contributed by atoms with E-state index in [1.807, 2.05) is 0 Å². The molecule has 3 heterocycles. The molecule has 1 saturated heterocycles. The monoisotopic (exact) mass is 444 g/mol. The van der Waals surface area contributed by atoms with Crippen LogP contribution in [0.25, 0.3) is 0 Å². The summed E-state index contributed by atoms with van der Waals surface area (Å²) in [6.45, 7) is 0.303. The summed E-state index contributed by atoms with van der Waals surface area (Å²) in [5.41, 5.74) is 1.88. The van der Waals surface area contributed by atoms with Gasteiger partial charge in [-0.25, -0.2) is 0 Å². The van der Waals surface area contributed by atoms with Gasteiger partial charge >= 0.3 is 0 Å². The molecule has 0 unspecified atom stereocenters. The van der Waals surface area contributed by atoms with Crippen LogP contribution in [0.4, 0.5) is 9.80 Å². The molecule has 0 saturated carbocycles. The number of nitrogens with zero attached hydrogens (tertiary/aromatic N) is 2. The van der Waals surface area contributed by atoms with Gasteiger partial charge in [0.2, 0.25) is 5.91 Å².